The van der Waals surface area contributed by atoms with Crippen molar-refractivity contribution in [3.63, 3.8) is 0 Å². The highest BCUT2D eigenvalue weighted by atomic mass is 79.9. The van der Waals surface area contributed by atoms with E-state index in [0.717, 1.165) is 22.8 Å². The molecule has 1 aromatic carbocycles. The van der Waals surface area contributed by atoms with Crippen LogP contribution in [0.4, 0.5) is 11.8 Å². The summed E-state index contributed by atoms with van der Waals surface area (Å²) in [5, 5.41) is 6.86. The second-order valence-corrected chi connectivity index (χ2v) is 6.99. The predicted molar refractivity (Wildman–Crippen MR) is 92.1 cm³/mol. The molecular weight excluding hydrogens is 340 g/mol. The van der Waals surface area contributed by atoms with Gasteiger partial charge in [0.25, 0.3) is 0 Å². The second kappa shape index (κ2) is 5.88. The number of nitrogens with one attached hydrogen (secondary N) is 2. The first-order valence-electron chi connectivity index (χ1n) is 7.91. The van der Waals surface area contributed by atoms with Gasteiger partial charge in [0, 0.05) is 29.0 Å². The molecule has 0 amide bonds. The number of hydrogen-bond donors (Lipinski definition) is 2. The van der Waals surface area contributed by atoms with Gasteiger partial charge in [0.1, 0.15) is 5.82 Å². The van der Waals surface area contributed by atoms with Gasteiger partial charge in [-0.2, -0.15) is 4.98 Å². The lowest BCUT2D eigenvalue weighted by Crippen LogP contribution is -2.10. The second-order valence-electron chi connectivity index (χ2n) is 6.14. The van der Waals surface area contributed by atoms with Crippen molar-refractivity contribution in [1.82, 2.24) is 9.97 Å². The quantitative estimate of drug-likeness (QED) is 0.807. The summed E-state index contributed by atoms with van der Waals surface area (Å²) in [6.45, 7) is 0.755. The molecular formula is C17H19BrN4. The third-order valence-electron chi connectivity index (χ3n) is 4.07. The minimum absolute atomic E-state index is 0.575. The highest BCUT2D eigenvalue weighted by Crippen LogP contribution is 2.40. The number of nitrogens with zero attached hydrogens (tertiary/aromatic N) is 2. The Morgan fingerprint density at radius 1 is 1.09 bits per heavy atom. The summed E-state index contributed by atoms with van der Waals surface area (Å²) in [7, 11) is 0. The lowest BCUT2D eigenvalue weighted by Gasteiger charge is -2.11. The molecule has 2 aromatic rings. The molecule has 4 rings (SSSR count). The summed E-state index contributed by atoms with van der Waals surface area (Å²) in [5.41, 5.74) is 2.40. The van der Waals surface area contributed by atoms with Crippen molar-refractivity contribution in [3.8, 4) is 0 Å². The van der Waals surface area contributed by atoms with Crippen LogP contribution in [-0.4, -0.2) is 16.0 Å². The SMILES string of the molecule is Brc1ccccc1CNc1cc(C2CC2)nc(NC2CC2)n1. The van der Waals surface area contributed by atoms with Crippen LogP contribution in [0.25, 0.3) is 0 Å². The van der Waals surface area contributed by atoms with Crippen LogP contribution in [-0.2, 0) is 6.54 Å². The van der Waals surface area contributed by atoms with Gasteiger partial charge in [-0.15, -0.1) is 0 Å². The smallest absolute Gasteiger partial charge is 0.225 e. The van der Waals surface area contributed by atoms with Crippen LogP contribution >= 0.6 is 15.9 Å². The third-order valence-corrected chi connectivity index (χ3v) is 4.84. The monoisotopic (exact) mass is 358 g/mol. The standard InChI is InChI=1S/C17H19BrN4/c18-14-4-2-1-3-12(14)10-19-16-9-15(11-5-6-11)21-17(22-16)20-13-7-8-13/h1-4,9,11,13H,5-8,10H2,(H2,19,20,21,22). The summed E-state index contributed by atoms with van der Waals surface area (Å²) in [5.74, 6) is 2.32. The lowest BCUT2D eigenvalue weighted by molar-refractivity contribution is 0.958. The Kier molecular flexibility index (Phi) is 3.74. The largest absolute Gasteiger partial charge is 0.366 e. The Balaban J connectivity index is 1.52. The molecule has 2 aliphatic rings. The first-order chi connectivity index (χ1) is 10.8. The Bertz CT molecular complexity index is 680. The molecule has 1 aromatic heterocycles. The van der Waals surface area contributed by atoms with Gasteiger partial charge in [0.15, 0.2) is 0 Å². The van der Waals surface area contributed by atoms with Gasteiger partial charge in [-0.1, -0.05) is 34.1 Å². The van der Waals surface area contributed by atoms with E-state index in [-0.39, 0.29) is 0 Å². The van der Waals surface area contributed by atoms with Gasteiger partial charge in [0.05, 0.1) is 5.69 Å². The first kappa shape index (κ1) is 14.0. The molecule has 0 spiro atoms. The van der Waals surface area contributed by atoms with Crippen molar-refractivity contribution in [3.05, 3.63) is 46.1 Å². The maximum Gasteiger partial charge on any atom is 0.225 e. The molecule has 114 valence electrons. The van der Waals surface area contributed by atoms with Gasteiger partial charge < -0.3 is 10.6 Å². The number of rotatable bonds is 6. The molecule has 2 fully saturated rings. The number of anilines is 2. The molecule has 2 N–H and O–H groups in total. The van der Waals surface area contributed by atoms with E-state index < -0.39 is 0 Å². The Morgan fingerprint density at radius 3 is 2.64 bits per heavy atom. The van der Waals surface area contributed by atoms with Crippen LogP contribution in [0.1, 0.15) is 42.9 Å². The van der Waals surface area contributed by atoms with Gasteiger partial charge >= 0.3 is 0 Å². The van der Waals surface area contributed by atoms with Crippen LogP contribution in [0.5, 0.6) is 0 Å². The van der Waals surface area contributed by atoms with E-state index >= 15 is 0 Å². The summed E-state index contributed by atoms with van der Waals surface area (Å²) in [4.78, 5) is 9.30. The van der Waals surface area contributed by atoms with Crippen molar-refractivity contribution in [2.45, 2.75) is 44.2 Å². The molecule has 2 saturated carbocycles. The molecule has 0 unspecified atom stereocenters. The average molecular weight is 359 g/mol. The summed E-state index contributed by atoms with van der Waals surface area (Å²) in [6, 6.07) is 10.9. The van der Waals surface area contributed by atoms with Crippen LogP contribution in [0.2, 0.25) is 0 Å². The Hall–Kier alpha value is -1.62. The van der Waals surface area contributed by atoms with Crippen LogP contribution < -0.4 is 10.6 Å². The van der Waals surface area contributed by atoms with Crippen molar-refractivity contribution >= 4 is 27.7 Å². The zero-order valence-electron chi connectivity index (χ0n) is 12.3. The summed E-state index contributed by atoms with van der Waals surface area (Å²) >= 11 is 3.59. The highest BCUT2D eigenvalue weighted by molar-refractivity contribution is 9.10. The van der Waals surface area contributed by atoms with E-state index in [9.17, 15) is 0 Å². The van der Waals surface area contributed by atoms with Crippen molar-refractivity contribution in [1.29, 1.82) is 0 Å². The fraction of sp³-hybridized carbons (Fsp3) is 0.412. The number of halogens is 1. The van der Waals surface area contributed by atoms with Gasteiger partial charge in [-0.3, -0.25) is 0 Å². The molecule has 0 bridgehead atoms. The van der Waals surface area contributed by atoms with Gasteiger partial charge in [0.2, 0.25) is 5.95 Å². The normalized spacial score (nSPS) is 17.3. The van der Waals surface area contributed by atoms with Crippen LogP contribution in [0, 0.1) is 0 Å². The summed E-state index contributed by atoms with van der Waals surface area (Å²) in [6.07, 6.45) is 4.97. The van der Waals surface area contributed by atoms with Gasteiger partial charge in [-0.05, 0) is 37.3 Å². The van der Waals surface area contributed by atoms with E-state index in [2.05, 4.69) is 60.8 Å². The predicted octanol–water partition coefficient (Wildman–Crippen LogP) is 4.30. The molecule has 2 aliphatic carbocycles. The minimum Gasteiger partial charge on any atom is -0.366 e. The zero-order valence-corrected chi connectivity index (χ0v) is 13.9. The zero-order chi connectivity index (χ0) is 14.9. The van der Waals surface area contributed by atoms with E-state index in [0.29, 0.717) is 12.0 Å². The molecule has 0 radical (unpaired) electrons. The molecule has 0 saturated heterocycles. The third kappa shape index (κ3) is 3.40. The fourth-order valence-corrected chi connectivity index (χ4v) is 2.87. The topological polar surface area (TPSA) is 49.8 Å². The minimum atomic E-state index is 0.575. The van der Waals surface area contributed by atoms with Crippen LogP contribution in [0.15, 0.2) is 34.8 Å². The van der Waals surface area contributed by atoms with Gasteiger partial charge in [-0.25, -0.2) is 4.98 Å². The molecule has 0 aliphatic heterocycles. The maximum atomic E-state index is 4.68. The van der Waals surface area contributed by atoms with Crippen molar-refractivity contribution in [2.75, 3.05) is 10.6 Å². The molecule has 1 heterocycles. The Morgan fingerprint density at radius 2 is 1.91 bits per heavy atom. The molecule has 0 atom stereocenters. The van der Waals surface area contributed by atoms with E-state index in [1.165, 1.54) is 36.9 Å². The average Bonchev–Trinajstić information content (AvgIpc) is 3.39. The maximum absolute atomic E-state index is 4.68. The molecule has 22 heavy (non-hydrogen) atoms. The lowest BCUT2D eigenvalue weighted by atomic mass is 10.2. The number of benzene rings is 1. The number of aromatic nitrogens is 2. The van der Waals surface area contributed by atoms with E-state index in [4.69, 9.17) is 0 Å². The first-order valence-corrected chi connectivity index (χ1v) is 8.70. The Labute approximate surface area is 138 Å². The van der Waals surface area contributed by atoms with Crippen LogP contribution in [0.3, 0.4) is 0 Å². The fourth-order valence-electron chi connectivity index (χ4n) is 2.45. The highest BCUT2D eigenvalue weighted by Gasteiger charge is 2.27. The van der Waals surface area contributed by atoms with E-state index in [1.54, 1.807) is 0 Å². The van der Waals surface area contributed by atoms with E-state index in [1.807, 2.05) is 6.07 Å². The number of hydrogen-bond acceptors (Lipinski definition) is 4. The molecule has 4 nitrogen and oxygen atoms in total. The van der Waals surface area contributed by atoms with Crippen molar-refractivity contribution < 1.29 is 0 Å². The summed E-state index contributed by atoms with van der Waals surface area (Å²) < 4.78 is 1.12. The molecule has 5 heteroatoms. The van der Waals surface area contributed by atoms with Crippen molar-refractivity contribution in [2.24, 2.45) is 0 Å².